The van der Waals surface area contributed by atoms with E-state index in [1.54, 1.807) is 4.90 Å². The topological polar surface area (TPSA) is 49.0 Å². The van der Waals surface area contributed by atoms with Gasteiger partial charge in [0.05, 0.1) is 5.69 Å². The van der Waals surface area contributed by atoms with Crippen LogP contribution in [-0.2, 0) is 4.79 Å². The fraction of sp³-hybridized carbons (Fsp3) is 0.250. The first kappa shape index (κ1) is 12.7. The van der Waals surface area contributed by atoms with Gasteiger partial charge in [-0.25, -0.2) is 0 Å². The van der Waals surface area contributed by atoms with Gasteiger partial charge in [-0.05, 0) is 12.5 Å². The number of rotatable bonds is 3. The molecule has 1 N–H and O–H groups in total. The van der Waals surface area contributed by atoms with E-state index in [0.29, 0.717) is 18.8 Å². The summed E-state index contributed by atoms with van der Waals surface area (Å²) in [5.41, 5.74) is 3.22. The smallest absolute Gasteiger partial charge is 0.228 e. The first-order valence-electron chi connectivity index (χ1n) is 6.73. The zero-order valence-electron chi connectivity index (χ0n) is 11.5. The normalized spacial score (nSPS) is 18.6. The average Bonchev–Trinajstić information content (AvgIpc) is 3.06. The summed E-state index contributed by atoms with van der Waals surface area (Å²) in [7, 11) is 0. The Kier molecular flexibility index (Phi) is 3.14. The summed E-state index contributed by atoms with van der Waals surface area (Å²) < 4.78 is 0. The lowest BCUT2D eigenvalue weighted by Gasteiger charge is -2.11. The summed E-state index contributed by atoms with van der Waals surface area (Å²) >= 11 is 0. The van der Waals surface area contributed by atoms with Gasteiger partial charge in [-0.1, -0.05) is 35.9 Å². The lowest BCUT2D eigenvalue weighted by molar-refractivity contribution is -0.117. The number of nitrogens with one attached hydrogen (secondary N) is 1. The molecule has 1 aliphatic rings. The lowest BCUT2D eigenvalue weighted by Crippen LogP contribution is -2.24. The van der Waals surface area contributed by atoms with E-state index in [9.17, 15) is 4.79 Å². The summed E-state index contributed by atoms with van der Waals surface area (Å²) in [6.45, 7) is 6.48. The van der Waals surface area contributed by atoms with Crippen LogP contribution in [0.2, 0.25) is 0 Å². The standard InChI is InChI=1S/C16H17N3O/c1-3-12-8-16(20)19(10-12)15-9-14(17-18-15)13-6-4-11(2)5-7-13/h3-7,9,12H,1,8,10H2,2H3,(H,17,18). The summed E-state index contributed by atoms with van der Waals surface area (Å²) in [6, 6.07) is 10.1. The molecule has 0 saturated carbocycles. The Bertz CT molecular complexity index is 642. The fourth-order valence-corrected chi connectivity index (χ4v) is 2.44. The van der Waals surface area contributed by atoms with Gasteiger partial charge >= 0.3 is 0 Å². The molecule has 1 atom stereocenters. The first-order chi connectivity index (χ1) is 9.67. The van der Waals surface area contributed by atoms with Crippen LogP contribution >= 0.6 is 0 Å². The Labute approximate surface area is 118 Å². The van der Waals surface area contributed by atoms with Crippen molar-refractivity contribution in [2.75, 3.05) is 11.4 Å². The number of hydrogen-bond donors (Lipinski definition) is 1. The average molecular weight is 267 g/mol. The van der Waals surface area contributed by atoms with Crippen molar-refractivity contribution in [2.45, 2.75) is 13.3 Å². The van der Waals surface area contributed by atoms with Crippen LogP contribution in [0.4, 0.5) is 5.82 Å². The van der Waals surface area contributed by atoms with Crippen LogP contribution in [0.3, 0.4) is 0 Å². The molecule has 1 fully saturated rings. The molecule has 4 heteroatoms. The molecule has 2 aromatic rings. The second kappa shape index (κ2) is 4.96. The third-order valence-corrected chi connectivity index (χ3v) is 3.69. The number of aromatic amines is 1. The van der Waals surface area contributed by atoms with Crippen LogP contribution in [0.15, 0.2) is 43.0 Å². The Morgan fingerprint density at radius 3 is 2.80 bits per heavy atom. The molecule has 20 heavy (non-hydrogen) atoms. The molecule has 1 aliphatic heterocycles. The molecule has 1 aromatic heterocycles. The van der Waals surface area contributed by atoms with Crippen LogP contribution in [0.5, 0.6) is 0 Å². The Balaban J connectivity index is 1.85. The Hall–Kier alpha value is -2.36. The quantitative estimate of drug-likeness (QED) is 0.869. The van der Waals surface area contributed by atoms with Gasteiger partial charge in [-0.2, -0.15) is 5.10 Å². The van der Waals surface area contributed by atoms with Crippen molar-refractivity contribution in [3.05, 3.63) is 48.6 Å². The highest BCUT2D eigenvalue weighted by atomic mass is 16.2. The lowest BCUT2D eigenvalue weighted by atomic mass is 10.1. The van der Waals surface area contributed by atoms with Gasteiger partial charge in [0.15, 0.2) is 5.82 Å². The molecular formula is C16H17N3O. The highest BCUT2D eigenvalue weighted by molar-refractivity contribution is 5.95. The number of H-pyrrole nitrogens is 1. The highest BCUT2D eigenvalue weighted by Crippen LogP contribution is 2.27. The molecule has 3 rings (SSSR count). The van der Waals surface area contributed by atoms with Crippen molar-refractivity contribution in [1.29, 1.82) is 0 Å². The predicted molar refractivity (Wildman–Crippen MR) is 79.4 cm³/mol. The van der Waals surface area contributed by atoms with Crippen LogP contribution < -0.4 is 4.90 Å². The van der Waals surface area contributed by atoms with Crippen LogP contribution in [0.25, 0.3) is 11.3 Å². The molecule has 0 radical (unpaired) electrons. The zero-order valence-corrected chi connectivity index (χ0v) is 11.5. The van der Waals surface area contributed by atoms with Gasteiger partial charge in [0, 0.05) is 24.9 Å². The Morgan fingerprint density at radius 2 is 2.15 bits per heavy atom. The number of hydrogen-bond acceptors (Lipinski definition) is 2. The summed E-state index contributed by atoms with van der Waals surface area (Å²) in [5, 5.41) is 7.26. The van der Waals surface area contributed by atoms with E-state index in [2.05, 4.69) is 35.8 Å². The first-order valence-corrected chi connectivity index (χ1v) is 6.73. The van der Waals surface area contributed by atoms with E-state index in [-0.39, 0.29) is 11.8 Å². The van der Waals surface area contributed by atoms with E-state index in [0.717, 1.165) is 11.3 Å². The molecule has 1 amide bonds. The van der Waals surface area contributed by atoms with Crippen molar-refractivity contribution in [2.24, 2.45) is 5.92 Å². The van der Waals surface area contributed by atoms with Gasteiger partial charge in [-0.15, -0.1) is 6.58 Å². The maximum Gasteiger partial charge on any atom is 0.228 e. The minimum atomic E-state index is 0.108. The van der Waals surface area contributed by atoms with Gasteiger partial charge in [0.25, 0.3) is 0 Å². The number of nitrogens with zero attached hydrogens (tertiary/aromatic N) is 2. The van der Waals surface area contributed by atoms with Gasteiger partial charge in [0.2, 0.25) is 5.91 Å². The van der Waals surface area contributed by atoms with E-state index in [1.807, 2.05) is 24.3 Å². The van der Waals surface area contributed by atoms with Gasteiger partial charge in [-0.3, -0.25) is 14.8 Å². The molecule has 2 heterocycles. The van der Waals surface area contributed by atoms with Crippen LogP contribution in [0.1, 0.15) is 12.0 Å². The maximum absolute atomic E-state index is 12.0. The maximum atomic E-state index is 12.0. The molecule has 102 valence electrons. The van der Waals surface area contributed by atoms with E-state index in [1.165, 1.54) is 5.56 Å². The largest absolute Gasteiger partial charge is 0.295 e. The van der Waals surface area contributed by atoms with Crippen molar-refractivity contribution >= 4 is 11.7 Å². The van der Waals surface area contributed by atoms with Crippen LogP contribution in [0, 0.1) is 12.8 Å². The number of carbonyl (C=O) groups excluding carboxylic acids is 1. The Morgan fingerprint density at radius 1 is 1.40 bits per heavy atom. The molecule has 1 unspecified atom stereocenters. The van der Waals surface area contributed by atoms with Crippen LogP contribution in [-0.4, -0.2) is 22.6 Å². The summed E-state index contributed by atoms with van der Waals surface area (Å²) in [5.74, 6) is 1.02. The molecule has 0 aliphatic carbocycles. The third-order valence-electron chi connectivity index (χ3n) is 3.69. The number of benzene rings is 1. The van der Waals surface area contributed by atoms with Gasteiger partial charge in [0.1, 0.15) is 0 Å². The molecule has 0 bridgehead atoms. The summed E-state index contributed by atoms with van der Waals surface area (Å²) in [6.07, 6.45) is 2.36. The predicted octanol–water partition coefficient (Wildman–Crippen LogP) is 2.92. The van der Waals surface area contributed by atoms with E-state index in [4.69, 9.17) is 0 Å². The SMILES string of the molecule is C=CC1CC(=O)N(c2cc(-c3ccc(C)cc3)[nH]n2)C1. The molecule has 1 aromatic carbocycles. The number of aromatic nitrogens is 2. The third kappa shape index (κ3) is 2.25. The van der Waals surface area contributed by atoms with Crippen molar-refractivity contribution in [1.82, 2.24) is 10.2 Å². The minimum absolute atomic E-state index is 0.108. The number of amides is 1. The highest BCUT2D eigenvalue weighted by Gasteiger charge is 2.30. The molecule has 1 saturated heterocycles. The van der Waals surface area contributed by atoms with Gasteiger partial charge < -0.3 is 0 Å². The number of anilines is 1. The summed E-state index contributed by atoms with van der Waals surface area (Å²) in [4.78, 5) is 13.7. The molecular weight excluding hydrogens is 250 g/mol. The number of aryl methyl sites for hydroxylation is 1. The molecule has 4 nitrogen and oxygen atoms in total. The van der Waals surface area contributed by atoms with Crippen molar-refractivity contribution in [3.8, 4) is 11.3 Å². The monoisotopic (exact) mass is 267 g/mol. The second-order valence-electron chi connectivity index (χ2n) is 5.21. The van der Waals surface area contributed by atoms with Crippen molar-refractivity contribution in [3.63, 3.8) is 0 Å². The zero-order chi connectivity index (χ0) is 14.1. The fourth-order valence-electron chi connectivity index (χ4n) is 2.44. The van der Waals surface area contributed by atoms with Crippen molar-refractivity contribution < 1.29 is 4.79 Å². The van der Waals surface area contributed by atoms with E-state index < -0.39 is 0 Å². The van der Waals surface area contributed by atoms with E-state index >= 15 is 0 Å². The number of carbonyl (C=O) groups is 1. The second-order valence-corrected chi connectivity index (χ2v) is 5.21. The molecule has 0 spiro atoms. The minimum Gasteiger partial charge on any atom is -0.295 e.